The lowest BCUT2D eigenvalue weighted by atomic mass is 10.1. The summed E-state index contributed by atoms with van der Waals surface area (Å²) >= 11 is 1.30. The van der Waals surface area contributed by atoms with Crippen LogP contribution in [-0.2, 0) is 0 Å². The first kappa shape index (κ1) is 21.6. The zero-order valence-electron chi connectivity index (χ0n) is 18.0. The van der Waals surface area contributed by atoms with Crippen molar-refractivity contribution in [1.82, 2.24) is 4.98 Å². The van der Waals surface area contributed by atoms with Crippen molar-refractivity contribution in [3.05, 3.63) is 63.8 Å². The Bertz CT molecular complexity index is 1340. The van der Waals surface area contributed by atoms with Crippen LogP contribution >= 0.6 is 11.3 Å². The van der Waals surface area contributed by atoms with E-state index in [-0.39, 0.29) is 5.75 Å². The maximum Gasteiger partial charge on any atom is 0.345 e. The first-order valence-electron chi connectivity index (χ1n) is 10.2. The minimum absolute atomic E-state index is 0.0594. The summed E-state index contributed by atoms with van der Waals surface area (Å²) in [6, 6.07) is 12.6. The first-order valence-corrected chi connectivity index (χ1v) is 11.1. The molecule has 0 saturated heterocycles. The largest absolute Gasteiger partial charge is 0.507 e. The molecule has 164 valence electrons. The number of hydrogen-bond donors (Lipinski definition) is 1. The zero-order chi connectivity index (χ0) is 22.7. The Morgan fingerprint density at radius 1 is 1.19 bits per heavy atom. The molecule has 4 aromatic rings. The van der Waals surface area contributed by atoms with Gasteiger partial charge in [0.05, 0.1) is 18.4 Å². The number of benzene rings is 2. The molecular formula is C24H23N3O4S. The normalized spacial score (nSPS) is 11.3. The Kier molecular flexibility index (Phi) is 6.23. The first-order chi connectivity index (χ1) is 15.5. The number of phenols is 1. The predicted molar refractivity (Wildman–Crippen MR) is 129 cm³/mol. The molecule has 4 rings (SSSR count). The van der Waals surface area contributed by atoms with E-state index in [1.54, 1.807) is 23.6 Å². The number of phenolic OH excluding ortho intramolecular Hbond substituents is 1. The topological polar surface area (TPSA) is 88.2 Å². The summed E-state index contributed by atoms with van der Waals surface area (Å²) in [6.07, 6.45) is 1.52. The Labute approximate surface area is 189 Å². The van der Waals surface area contributed by atoms with Crippen LogP contribution in [0, 0.1) is 0 Å². The Hall–Kier alpha value is -3.65. The summed E-state index contributed by atoms with van der Waals surface area (Å²) in [4.78, 5) is 23.6. The maximum absolute atomic E-state index is 12.6. The SMILES string of the molecule is CCN(CC)c1ccc2cc(-c3csc(/N=C/c4ccc(OC)cc4O)n3)c(=O)oc2c1. The predicted octanol–water partition coefficient (Wildman–Crippen LogP) is 5.23. The highest BCUT2D eigenvalue weighted by molar-refractivity contribution is 7.13. The molecule has 0 bridgehead atoms. The Balaban J connectivity index is 1.62. The molecule has 0 unspecified atom stereocenters. The molecule has 32 heavy (non-hydrogen) atoms. The van der Waals surface area contributed by atoms with Gasteiger partial charge >= 0.3 is 5.63 Å². The van der Waals surface area contributed by atoms with Crippen LogP contribution in [0.3, 0.4) is 0 Å². The highest BCUT2D eigenvalue weighted by atomic mass is 32.1. The number of aromatic hydroxyl groups is 1. The smallest absolute Gasteiger partial charge is 0.345 e. The molecule has 0 spiro atoms. The zero-order valence-corrected chi connectivity index (χ0v) is 18.8. The van der Waals surface area contributed by atoms with Gasteiger partial charge in [0.15, 0.2) is 0 Å². The molecule has 0 saturated carbocycles. The van der Waals surface area contributed by atoms with Crippen LogP contribution in [0.5, 0.6) is 11.5 Å². The number of nitrogens with zero attached hydrogens (tertiary/aromatic N) is 3. The average Bonchev–Trinajstić information content (AvgIpc) is 3.27. The van der Waals surface area contributed by atoms with Gasteiger partial charge in [0.1, 0.15) is 17.1 Å². The molecule has 0 fully saturated rings. The van der Waals surface area contributed by atoms with E-state index in [0.717, 1.165) is 24.2 Å². The molecule has 1 N–H and O–H groups in total. The van der Waals surface area contributed by atoms with Crippen LogP contribution in [-0.4, -0.2) is 36.5 Å². The number of thiazole rings is 1. The van der Waals surface area contributed by atoms with Crippen molar-refractivity contribution in [2.45, 2.75) is 13.8 Å². The second-order valence-electron chi connectivity index (χ2n) is 7.04. The van der Waals surface area contributed by atoms with E-state index in [0.29, 0.717) is 33.3 Å². The van der Waals surface area contributed by atoms with Gasteiger partial charge in [-0.1, -0.05) is 0 Å². The van der Waals surface area contributed by atoms with E-state index in [1.165, 1.54) is 30.7 Å². The van der Waals surface area contributed by atoms with E-state index in [1.807, 2.05) is 18.2 Å². The quantitative estimate of drug-likeness (QED) is 0.307. The van der Waals surface area contributed by atoms with Crippen LogP contribution in [0.2, 0.25) is 0 Å². The highest BCUT2D eigenvalue weighted by Gasteiger charge is 2.13. The van der Waals surface area contributed by atoms with Crippen molar-refractivity contribution in [3.8, 4) is 22.8 Å². The van der Waals surface area contributed by atoms with Gasteiger partial charge in [-0.25, -0.2) is 14.8 Å². The molecule has 2 heterocycles. The lowest BCUT2D eigenvalue weighted by molar-refractivity contribution is 0.407. The van der Waals surface area contributed by atoms with Crippen LogP contribution < -0.4 is 15.3 Å². The fraction of sp³-hybridized carbons (Fsp3) is 0.208. The lowest BCUT2D eigenvalue weighted by Gasteiger charge is -2.20. The number of aromatic nitrogens is 1. The minimum Gasteiger partial charge on any atom is -0.507 e. The fourth-order valence-corrected chi connectivity index (χ4v) is 4.06. The molecule has 0 aliphatic rings. The second-order valence-corrected chi connectivity index (χ2v) is 7.88. The summed E-state index contributed by atoms with van der Waals surface area (Å²) in [5, 5.41) is 13.1. The lowest BCUT2D eigenvalue weighted by Crippen LogP contribution is -2.21. The van der Waals surface area contributed by atoms with Gasteiger partial charge in [-0.05, 0) is 44.2 Å². The van der Waals surface area contributed by atoms with Gasteiger partial charge in [-0.3, -0.25) is 0 Å². The van der Waals surface area contributed by atoms with Crippen molar-refractivity contribution in [1.29, 1.82) is 0 Å². The van der Waals surface area contributed by atoms with Gasteiger partial charge in [0.2, 0.25) is 5.13 Å². The van der Waals surface area contributed by atoms with Crippen molar-refractivity contribution in [2.75, 3.05) is 25.1 Å². The standard InChI is InChI=1S/C24H23N3O4S/c1-4-27(5-2)17-8-6-15-10-19(23(29)31-22(15)11-17)20-14-32-24(26-20)25-13-16-7-9-18(30-3)12-21(16)28/h6-14,28H,4-5H2,1-3H3/b25-13+. The van der Waals surface area contributed by atoms with Gasteiger partial charge in [-0.15, -0.1) is 11.3 Å². The number of methoxy groups -OCH3 is 1. The van der Waals surface area contributed by atoms with Crippen molar-refractivity contribution in [2.24, 2.45) is 4.99 Å². The monoisotopic (exact) mass is 449 g/mol. The number of ether oxygens (including phenoxy) is 1. The number of hydrogen-bond acceptors (Lipinski definition) is 8. The molecule has 8 heteroatoms. The third kappa shape index (κ3) is 4.36. The third-order valence-electron chi connectivity index (χ3n) is 5.17. The molecule has 0 atom stereocenters. The van der Waals surface area contributed by atoms with E-state index < -0.39 is 5.63 Å². The van der Waals surface area contributed by atoms with Crippen LogP contribution in [0.25, 0.3) is 22.2 Å². The van der Waals surface area contributed by atoms with Gasteiger partial charge in [0, 0.05) is 53.5 Å². The van der Waals surface area contributed by atoms with Crippen molar-refractivity contribution in [3.63, 3.8) is 0 Å². The summed E-state index contributed by atoms with van der Waals surface area (Å²) in [7, 11) is 1.53. The van der Waals surface area contributed by atoms with Crippen molar-refractivity contribution < 1.29 is 14.3 Å². The second kappa shape index (κ2) is 9.23. The summed E-state index contributed by atoms with van der Waals surface area (Å²) in [5.41, 5.74) is 2.55. The minimum atomic E-state index is -0.442. The highest BCUT2D eigenvalue weighted by Crippen LogP contribution is 2.29. The molecule has 2 aromatic carbocycles. The molecule has 0 amide bonds. The third-order valence-corrected chi connectivity index (χ3v) is 5.92. The van der Waals surface area contributed by atoms with Crippen LogP contribution in [0.15, 0.2) is 62.0 Å². The van der Waals surface area contributed by atoms with E-state index in [9.17, 15) is 9.90 Å². The summed E-state index contributed by atoms with van der Waals surface area (Å²) < 4.78 is 10.7. The molecule has 0 aliphatic carbocycles. The average molecular weight is 450 g/mol. The van der Waals surface area contributed by atoms with Gasteiger partial charge in [-0.2, -0.15) is 0 Å². The molecule has 7 nitrogen and oxygen atoms in total. The van der Waals surface area contributed by atoms with Crippen molar-refractivity contribution >= 4 is 39.3 Å². The van der Waals surface area contributed by atoms with Crippen LogP contribution in [0.4, 0.5) is 10.8 Å². The molecule has 2 aromatic heterocycles. The molecule has 0 radical (unpaired) electrons. The van der Waals surface area contributed by atoms with Gasteiger partial charge in [0.25, 0.3) is 0 Å². The summed E-state index contributed by atoms with van der Waals surface area (Å²) in [5.74, 6) is 0.618. The fourth-order valence-electron chi connectivity index (χ4n) is 3.40. The Morgan fingerprint density at radius 3 is 2.72 bits per heavy atom. The molecule has 0 aliphatic heterocycles. The summed E-state index contributed by atoms with van der Waals surface area (Å²) in [6.45, 7) is 5.93. The number of anilines is 1. The maximum atomic E-state index is 12.6. The van der Waals surface area contributed by atoms with Crippen LogP contribution in [0.1, 0.15) is 19.4 Å². The van der Waals surface area contributed by atoms with E-state index >= 15 is 0 Å². The van der Waals surface area contributed by atoms with Gasteiger partial charge < -0.3 is 19.2 Å². The molecular weight excluding hydrogens is 426 g/mol. The number of aliphatic imine (C=N–C) groups is 1. The Morgan fingerprint density at radius 2 is 2.00 bits per heavy atom. The number of fused-ring (bicyclic) bond motifs is 1. The van der Waals surface area contributed by atoms with E-state index in [2.05, 4.69) is 28.7 Å². The van der Waals surface area contributed by atoms with E-state index in [4.69, 9.17) is 9.15 Å². The number of rotatable bonds is 7.